The van der Waals surface area contributed by atoms with E-state index in [-0.39, 0.29) is 23.4 Å². The Hall–Kier alpha value is -1.69. The molecular weight excluding hydrogens is 266 g/mol. The Kier molecular flexibility index (Phi) is 4.54. The SMILES string of the molecule is CCNc1c(F)cc(C(=O)NC2CC(OC)C2)cc1F. The average molecular weight is 284 g/mol. The number of rotatable bonds is 5. The minimum absolute atomic E-state index is 0.00650. The number of amides is 1. The quantitative estimate of drug-likeness (QED) is 0.872. The third-order valence-electron chi connectivity index (χ3n) is 3.42. The molecule has 4 nitrogen and oxygen atoms in total. The van der Waals surface area contributed by atoms with Gasteiger partial charge in [-0.2, -0.15) is 0 Å². The maximum absolute atomic E-state index is 13.7. The molecule has 6 heteroatoms. The molecule has 110 valence electrons. The zero-order valence-electron chi connectivity index (χ0n) is 11.5. The summed E-state index contributed by atoms with van der Waals surface area (Å²) in [6, 6.07) is 2.10. The highest BCUT2D eigenvalue weighted by molar-refractivity contribution is 5.94. The highest BCUT2D eigenvalue weighted by Crippen LogP contribution is 2.24. The normalized spacial score (nSPS) is 21.2. The molecule has 1 fully saturated rings. The molecule has 1 saturated carbocycles. The van der Waals surface area contributed by atoms with Crippen LogP contribution in [-0.4, -0.2) is 31.7 Å². The van der Waals surface area contributed by atoms with E-state index in [1.165, 1.54) is 0 Å². The van der Waals surface area contributed by atoms with Gasteiger partial charge in [0.25, 0.3) is 5.91 Å². The van der Waals surface area contributed by atoms with Gasteiger partial charge in [0.2, 0.25) is 0 Å². The molecule has 0 aromatic heterocycles. The molecule has 2 N–H and O–H groups in total. The maximum atomic E-state index is 13.7. The van der Waals surface area contributed by atoms with Crippen molar-refractivity contribution in [3.05, 3.63) is 29.3 Å². The largest absolute Gasteiger partial charge is 0.381 e. The monoisotopic (exact) mass is 284 g/mol. The Morgan fingerprint density at radius 1 is 1.35 bits per heavy atom. The second kappa shape index (κ2) is 6.17. The van der Waals surface area contributed by atoms with Crippen molar-refractivity contribution in [2.24, 2.45) is 0 Å². The van der Waals surface area contributed by atoms with E-state index >= 15 is 0 Å². The number of benzene rings is 1. The minimum atomic E-state index is -0.764. The first-order valence-electron chi connectivity index (χ1n) is 6.61. The van der Waals surface area contributed by atoms with Gasteiger partial charge in [-0.05, 0) is 31.9 Å². The molecule has 1 aliphatic carbocycles. The van der Waals surface area contributed by atoms with Crippen LogP contribution in [0.2, 0.25) is 0 Å². The first-order chi connectivity index (χ1) is 9.55. The van der Waals surface area contributed by atoms with Gasteiger partial charge in [0.15, 0.2) is 0 Å². The third-order valence-corrected chi connectivity index (χ3v) is 3.42. The number of hydrogen-bond donors (Lipinski definition) is 2. The van der Waals surface area contributed by atoms with Crippen molar-refractivity contribution in [2.45, 2.75) is 31.9 Å². The molecular formula is C14H18F2N2O2. The lowest BCUT2D eigenvalue weighted by Crippen LogP contribution is -2.47. The molecule has 2 rings (SSSR count). The van der Waals surface area contributed by atoms with Crippen LogP contribution >= 0.6 is 0 Å². The van der Waals surface area contributed by atoms with Gasteiger partial charge in [-0.25, -0.2) is 8.78 Å². The summed E-state index contributed by atoms with van der Waals surface area (Å²) >= 11 is 0. The molecule has 0 heterocycles. The van der Waals surface area contributed by atoms with Crippen LogP contribution in [-0.2, 0) is 4.74 Å². The Morgan fingerprint density at radius 2 is 1.95 bits per heavy atom. The van der Waals surface area contributed by atoms with Crippen LogP contribution in [0.1, 0.15) is 30.1 Å². The van der Waals surface area contributed by atoms with Crippen LogP contribution < -0.4 is 10.6 Å². The van der Waals surface area contributed by atoms with E-state index in [4.69, 9.17) is 4.74 Å². The van der Waals surface area contributed by atoms with Crippen LogP contribution in [0.3, 0.4) is 0 Å². The van der Waals surface area contributed by atoms with Crippen molar-refractivity contribution in [2.75, 3.05) is 19.0 Å². The van der Waals surface area contributed by atoms with E-state index in [0.29, 0.717) is 6.54 Å². The van der Waals surface area contributed by atoms with E-state index in [1.807, 2.05) is 0 Å². The lowest BCUT2D eigenvalue weighted by atomic mass is 9.89. The molecule has 0 bridgehead atoms. The number of carbonyl (C=O) groups is 1. The number of anilines is 1. The van der Waals surface area contributed by atoms with E-state index in [1.54, 1.807) is 14.0 Å². The number of carbonyl (C=O) groups excluding carboxylic acids is 1. The Balaban J connectivity index is 2.03. The van der Waals surface area contributed by atoms with Crippen molar-refractivity contribution in [3.8, 4) is 0 Å². The molecule has 0 atom stereocenters. The summed E-state index contributed by atoms with van der Waals surface area (Å²) < 4.78 is 32.5. The summed E-state index contributed by atoms with van der Waals surface area (Å²) in [5.74, 6) is -1.99. The van der Waals surface area contributed by atoms with Gasteiger partial charge >= 0.3 is 0 Å². The Bertz CT molecular complexity index is 479. The minimum Gasteiger partial charge on any atom is -0.381 e. The van der Waals surface area contributed by atoms with Crippen LogP contribution in [0.15, 0.2) is 12.1 Å². The smallest absolute Gasteiger partial charge is 0.251 e. The molecule has 20 heavy (non-hydrogen) atoms. The summed E-state index contributed by atoms with van der Waals surface area (Å²) in [6.45, 7) is 2.14. The number of hydrogen-bond acceptors (Lipinski definition) is 3. The number of halogens is 2. The maximum Gasteiger partial charge on any atom is 0.251 e. The molecule has 0 radical (unpaired) electrons. The van der Waals surface area contributed by atoms with Gasteiger partial charge in [0.05, 0.1) is 6.10 Å². The molecule has 0 saturated heterocycles. The van der Waals surface area contributed by atoms with E-state index in [9.17, 15) is 13.6 Å². The predicted octanol–water partition coefficient (Wildman–Crippen LogP) is 2.30. The first-order valence-corrected chi connectivity index (χ1v) is 6.61. The van der Waals surface area contributed by atoms with Crippen molar-refractivity contribution in [3.63, 3.8) is 0 Å². The van der Waals surface area contributed by atoms with Crippen LogP contribution in [0.25, 0.3) is 0 Å². The average Bonchev–Trinajstić information content (AvgIpc) is 2.37. The van der Waals surface area contributed by atoms with Crippen LogP contribution in [0.5, 0.6) is 0 Å². The zero-order chi connectivity index (χ0) is 14.7. The zero-order valence-corrected chi connectivity index (χ0v) is 11.5. The lowest BCUT2D eigenvalue weighted by Gasteiger charge is -2.34. The fourth-order valence-electron chi connectivity index (χ4n) is 2.19. The summed E-state index contributed by atoms with van der Waals surface area (Å²) in [5.41, 5.74) is -0.213. The van der Waals surface area contributed by atoms with Gasteiger partial charge in [-0.1, -0.05) is 0 Å². The summed E-state index contributed by atoms with van der Waals surface area (Å²) in [5, 5.41) is 5.32. The van der Waals surface area contributed by atoms with E-state index < -0.39 is 17.5 Å². The first kappa shape index (κ1) is 14.7. The number of nitrogens with one attached hydrogen (secondary N) is 2. The van der Waals surface area contributed by atoms with Crippen molar-refractivity contribution < 1.29 is 18.3 Å². The van der Waals surface area contributed by atoms with Crippen molar-refractivity contribution in [1.82, 2.24) is 5.32 Å². The standard InChI is InChI=1S/C14H18F2N2O2/c1-3-17-13-11(15)4-8(5-12(13)16)14(19)18-9-6-10(7-9)20-2/h4-5,9-10,17H,3,6-7H2,1-2H3,(H,18,19). The summed E-state index contributed by atoms with van der Waals surface area (Å²) in [4.78, 5) is 11.9. The highest BCUT2D eigenvalue weighted by atomic mass is 19.1. The number of methoxy groups -OCH3 is 1. The highest BCUT2D eigenvalue weighted by Gasteiger charge is 2.30. The van der Waals surface area contributed by atoms with Crippen molar-refractivity contribution >= 4 is 11.6 Å². The predicted molar refractivity (Wildman–Crippen MR) is 71.8 cm³/mol. The van der Waals surface area contributed by atoms with Crippen LogP contribution in [0.4, 0.5) is 14.5 Å². The van der Waals surface area contributed by atoms with Gasteiger partial charge in [0.1, 0.15) is 17.3 Å². The topological polar surface area (TPSA) is 50.4 Å². The second-order valence-electron chi connectivity index (χ2n) is 4.84. The van der Waals surface area contributed by atoms with Crippen molar-refractivity contribution in [1.29, 1.82) is 0 Å². The van der Waals surface area contributed by atoms with E-state index in [0.717, 1.165) is 25.0 Å². The number of ether oxygens (including phenoxy) is 1. The fourth-order valence-corrected chi connectivity index (χ4v) is 2.19. The Labute approximate surface area is 116 Å². The molecule has 1 aromatic carbocycles. The van der Waals surface area contributed by atoms with Gasteiger partial charge in [-0.3, -0.25) is 4.79 Å². The third kappa shape index (κ3) is 3.07. The molecule has 0 unspecified atom stereocenters. The van der Waals surface area contributed by atoms with Gasteiger partial charge in [0, 0.05) is 25.3 Å². The van der Waals surface area contributed by atoms with Crippen LogP contribution in [0, 0.1) is 11.6 Å². The summed E-state index contributed by atoms with van der Waals surface area (Å²) in [6.07, 6.45) is 1.61. The van der Waals surface area contributed by atoms with Gasteiger partial charge in [-0.15, -0.1) is 0 Å². The summed E-state index contributed by atoms with van der Waals surface area (Å²) in [7, 11) is 1.62. The second-order valence-corrected chi connectivity index (χ2v) is 4.84. The molecule has 1 amide bonds. The molecule has 0 aliphatic heterocycles. The fraction of sp³-hybridized carbons (Fsp3) is 0.500. The lowest BCUT2D eigenvalue weighted by molar-refractivity contribution is 0.0176. The molecule has 1 aliphatic rings. The molecule has 1 aromatic rings. The van der Waals surface area contributed by atoms with Gasteiger partial charge < -0.3 is 15.4 Å². The molecule has 0 spiro atoms. The Morgan fingerprint density at radius 3 is 2.45 bits per heavy atom. The van der Waals surface area contributed by atoms with E-state index in [2.05, 4.69) is 10.6 Å².